The number of pyridine rings is 2. The fourth-order valence-electron chi connectivity index (χ4n) is 6.25. The number of halogens is 1. The van der Waals surface area contributed by atoms with E-state index in [4.69, 9.17) is 9.72 Å². The molecule has 0 amide bonds. The van der Waals surface area contributed by atoms with E-state index in [0.717, 1.165) is 55.6 Å². The summed E-state index contributed by atoms with van der Waals surface area (Å²) in [6.07, 6.45) is 7.26. The van der Waals surface area contributed by atoms with E-state index in [-0.39, 0.29) is 5.69 Å². The quantitative estimate of drug-likeness (QED) is 0.440. The molecule has 36 heavy (non-hydrogen) atoms. The molecule has 0 N–H and O–H groups in total. The predicted octanol–water partition coefficient (Wildman–Crippen LogP) is 3.50. The molecule has 3 aromatic heterocycles. The summed E-state index contributed by atoms with van der Waals surface area (Å²) in [5.41, 5.74) is 2.57. The fourth-order valence-corrected chi connectivity index (χ4v) is 6.25. The van der Waals surface area contributed by atoms with E-state index in [1.165, 1.54) is 6.07 Å². The summed E-state index contributed by atoms with van der Waals surface area (Å²) in [6.45, 7) is 2.21. The van der Waals surface area contributed by atoms with Crippen molar-refractivity contribution in [1.82, 2.24) is 24.0 Å². The first-order valence-corrected chi connectivity index (χ1v) is 12.6. The normalized spacial score (nSPS) is 20.5. The van der Waals surface area contributed by atoms with Crippen molar-refractivity contribution in [3.05, 3.63) is 46.9 Å². The Labute approximate surface area is 207 Å². The summed E-state index contributed by atoms with van der Waals surface area (Å²) in [6, 6.07) is 5.84. The number of hydrogen-bond donors (Lipinski definition) is 0. The first-order valence-electron chi connectivity index (χ1n) is 12.6. The van der Waals surface area contributed by atoms with Crippen LogP contribution in [0.2, 0.25) is 0 Å². The summed E-state index contributed by atoms with van der Waals surface area (Å²) in [5.74, 6) is 0.946. The topological polar surface area (TPSA) is 68.4 Å². The number of fused-ring (bicyclic) bond motifs is 1. The summed E-state index contributed by atoms with van der Waals surface area (Å²) < 4.78 is 25.6. The van der Waals surface area contributed by atoms with Crippen LogP contribution in [0.3, 0.4) is 0 Å². The van der Waals surface area contributed by atoms with Crippen molar-refractivity contribution in [3.63, 3.8) is 0 Å². The first-order chi connectivity index (χ1) is 17.4. The highest BCUT2D eigenvalue weighted by Crippen LogP contribution is 2.48. The van der Waals surface area contributed by atoms with Gasteiger partial charge in [0.2, 0.25) is 0 Å². The third kappa shape index (κ3) is 2.86. The van der Waals surface area contributed by atoms with Crippen molar-refractivity contribution in [2.24, 2.45) is 7.05 Å². The number of aryl methyl sites for hydroxylation is 1. The van der Waals surface area contributed by atoms with E-state index < -0.39 is 11.4 Å². The highest BCUT2D eigenvalue weighted by Gasteiger charge is 2.45. The zero-order valence-electron chi connectivity index (χ0n) is 20.8. The van der Waals surface area contributed by atoms with Crippen molar-refractivity contribution in [2.75, 3.05) is 38.7 Å². The van der Waals surface area contributed by atoms with E-state index in [2.05, 4.69) is 28.9 Å². The number of anilines is 1. The van der Waals surface area contributed by atoms with Gasteiger partial charge >= 0.3 is 5.69 Å². The molecule has 3 aliphatic rings. The molecular weight excluding hydrogens is 459 g/mol. The Morgan fingerprint density at radius 3 is 2.69 bits per heavy atom. The van der Waals surface area contributed by atoms with E-state index >= 15 is 4.39 Å². The average molecular weight is 489 g/mol. The lowest BCUT2D eigenvalue weighted by Crippen LogP contribution is -2.50. The van der Waals surface area contributed by atoms with E-state index in [1.807, 2.05) is 16.7 Å². The standard InChI is InChI=1S/C27H29FN6O2/c1-31(2)17-7-10-33(14-17)21-6-5-16(12-30-21)22-18(28)11-19-23-24-20(13-29-19)32(3)26(35)34(24)27(8-4-9-27)15-36-25(22)23/h5-6,11-13,17H,4,7-10,14-15H2,1-3H3. The zero-order chi connectivity index (χ0) is 24.8. The molecular formula is C27H29FN6O2. The summed E-state index contributed by atoms with van der Waals surface area (Å²) >= 11 is 0. The van der Waals surface area contributed by atoms with Gasteiger partial charge < -0.3 is 14.5 Å². The second kappa shape index (κ2) is 7.52. The van der Waals surface area contributed by atoms with Crippen LogP contribution in [0.15, 0.2) is 35.4 Å². The average Bonchev–Trinajstić information content (AvgIpc) is 3.38. The summed E-state index contributed by atoms with van der Waals surface area (Å²) in [4.78, 5) is 27.1. The van der Waals surface area contributed by atoms with Gasteiger partial charge in [0.25, 0.3) is 0 Å². The van der Waals surface area contributed by atoms with Gasteiger partial charge in [0.1, 0.15) is 24.0 Å². The van der Waals surface area contributed by atoms with Crippen molar-refractivity contribution < 1.29 is 9.13 Å². The molecule has 1 atom stereocenters. The number of rotatable bonds is 3. The van der Waals surface area contributed by atoms with Crippen LogP contribution in [0.5, 0.6) is 5.75 Å². The van der Waals surface area contributed by atoms with Gasteiger partial charge in [-0.3, -0.25) is 14.1 Å². The van der Waals surface area contributed by atoms with Crippen molar-refractivity contribution in [3.8, 4) is 16.9 Å². The maximum atomic E-state index is 15.7. The maximum absolute atomic E-state index is 15.7. The highest BCUT2D eigenvalue weighted by atomic mass is 19.1. The lowest BCUT2D eigenvalue weighted by atomic mass is 9.77. The minimum Gasteiger partial charge on any atom is -0.490 e. The molecule has 1 saturated heterocycles. The van der Waals surface area contributed by atoms with Crippen LogP contribution in [0.4, 0.5) is 10.2 Å². The molecule has 4 aromatic rings. The SMILES string of the molecule is CN(C)C1CCN(c2ccc(-c3c(F)cc4ncc5c6c4c3OCC3(CCC3)n6c(=O)n5C)cn2)C1. The van der Waals surface area contributed by atoms with Gasteiger partial charge in [0, 0.05) is 44.0 Å². The second-order valence-electron chi connectivity index (χ2n) is 10.7. The number of benzene rings is 1. The van der Waals surface area contributed by atoms with E-state index in [1.54, 1.807) is 24.0 Å². The Hall–Kier alpha value is -3.46. The lowest BCUT2D eigenvalue weighted by Gasteiger charge is -2.41. The monoisotopic (exact) mass is 488 g/mol. The lowest BCUT2D eigenvalue weighted by molar-refractivity contribution is 0.0719. The van der Waals surface area contributed by atoms with Gasteiger partial charge in [-0.05, 0) is 51.9 Å². The van der Waals surface area contributed by atoms with E-state index in [9.17, 15) is 4.79 Å². The molecule has 7 rings (SSSR count). The van der Waals surface area contributed by atoms with Crippen molar-refractivity contribution in [1.29, 1.82) is 0 Å². The molecule has 1 unspecified atom stereocenters. The Kier molecular flexibility index (Phi) is 4.55. The molecule has 1 saturated carbocycles. The molecule has 0 radical (unpaired) electrons. The minimum atomic E-state index is -0.404. The molecule has 5 heterocycles. The van der Waals surface area contributed by atoms with Crippen LogP contribution in [0, 0.1) is 5.82 Å². The van der Waals surface area contributed by atoms with Crippen LogP contribution in [-0.2, 0) is 12.6 Å². The van der Waals surface area contributed by atoms with Gasteiger partial charge in [-0.2, -0.15) is 0 Å². The van der Waals surface area contributed by atoms with Gasteiger partial charge in [-0.15, -0.1) is 0 Å². The third-order valence-corrected chi connectivity index (χ3v) is 8.58. The van der Waals surface area contributed by atoms with Crippen molar-refractivity contribution >= 4 is 27.8 Å². The smallest absolute Gasteiger partial charge is 0.329 e. The Balaban J connectivity index is 1.40. The molecule has 8 nitrogen and oxygen atoms in total. The zero-order valence-corrected chi connectivity index (χ0v) is 20.8. The summed E-state index contributed by atoms with van der Waals surface area (Å²) in [5, 5.41) is 0.697. The molecule has 186 valence electrons. The molecule has 9 heteroatoms. The fraction of sp³-hybridized carbons (Fsp3) is 0.444. The van der Waals surface area contributed by atoms with Gasteiger partial charge in [-0.1, -0.05) is 0 Å². The van der Waals surface area contributed by atoms with Gasteiger partial charge in [-0.25, -0.2) is 14.2 Å². The Morgan fingerprint density at radius 2 is 2.03 bits per heavy atom. The molecule has 1 spiro atoms. The number of likely N-dealkylation sites (N-methyl/N-ethyl adjacent to an activating group) is 1. The molecule has 1 aromatic carbocycles. The second-order valence-corrected chi connectivity index (χ2v) is 10.7. The molecule has 2 fully saturated rings. The van der Waals surface area contributed by atoms with Crippen LogP contribution >= 0.6 is 0 Å². The summed E-state index contributed by atoms with van der Waals surface area (Å²) in [7, 11) is 5.98. The Morgan fingerprint density at radius 1 is 1.19 bits per heavy atom. The first kappa shape index (κ1) is 21.8. The molecule has 1 aliphatic carbocycles. The number of nitrogens with zero attached hydrogens (tertiary/aromatic N) is 6. The van der Waals surface area contributed by atoms with E-state index in [0.29, 0.717) is 40.4 Å². The Bertz CT molecular complexity index is 1580. The van der Waals surface area contributed by atoms with Gasteiger partial charge in [0.15, 0.2) is 0 Å². The molecule has 0 bridgehead atoms. The van der Waals surface area contributed by atoms with Crippen LogP contribution < -0.4 is 15.3 Å². The highest BCUT2D eigenvalue weighted by molar-refractivity contribution is 6.09. The maximum Gasteiger partial charge on any atom is 0.329 e. The number of imidazole rings is 1. The largest absolute Gasteiger partial charge is 0.490 e. The number of ether oxygens (including phenoxy) is 1. The van der Waals surface area contributed by atoms with Crippen LogP contribution in [0.25, 0.3) is 33.1 Å². The van der Waals surface area contributed by atoms with Crippen molar-refractivity contribution in [2.45, 2.75) is 37.3 Å². The van der Waals surface area contributed by atoms with Crippen LogP contribution in [-0.4, -0.2) is 63.8 Å². The van der Waals surface area contributed by atoms with Gasteiger partial charge in [0.05, 0.1) is 39.2 Å². The third-order valence-electron chi connectivity index (χ3n) is 8.58. The minimum absolute atomic E-state index is 0.0750. The predicted molar refractivity (Wildman–Crippen MR) is 137 cm³/mol. The molecule has 2 aliphatic heterocycles. The van der Waals surface area contributed by atoms with Crippen LogP contribution in [0.1, 0.15) is 25.7 Å². The number of aromatic nitrogens is 4. The number of hydrogen-bond acceptors (Lipinski definition) is 6.